The summed E-state index contributed by atoms with van der Waals surface area (Å²) in [7, 11) is 0. The van der Waals surface area contributed by atoms with Crippen molar-refractivity contribution in [3.63, 3.8) is 0 Å². The van der Waals surface area contributed by atoms with Crippen molar-refractivity contribution < 1.29 is 19.5 Å². The molecule has 0 bridgehead atoms. The number of carbonyl (C=O) groups excluding carboxylic acids is 1. The standard InChI is InChI=1S/C20H24N6O3/c1-2-26-19-16(13-23-26)18(24-15-5-9-29-10-6-15)17(12-21-19)20(27)22-11-14-3-7-25(28)8-4-14/h3-4,7-8,12-13,15H,2,5-6,9-11H2,1H3,(H2-,21,22,23,24,27,28)/p+1. The fourth-order valence-corrected chi connectivity index (χ4v) is 3.48. The molecule has 0 unspecified atom stereocenters. The van der Waals surface area contributed by atoms with Crippen molar-refractivity contribution in [3.8, 4) is 0 Å². The fourth-order valence-electron chi connectivity index (χ4n) is 3.48. The van der Waals surface area contributed by atoms with Crippen LogP contribution in [0.1, 0.15) is 35.7 Å². The number of rotatable bonds is 6. The van der Waals surface area contributed by atoms with Crippen LogP contribution >= 0.6 is 0 Å². The van der Waals surface area contributed by atoms with Crippen LogP contribution in [0.15, 0.2) is 36.9 Å². The van der Waals surface area contributed by atoms with Crippen molar-refractivity contribution in [2.45, 2.75) is 38.9 Å². The lowest BCUT2D eigenvalue weighted by atomic mass is 10.1. The minimum absolute atomic E-state index is 0.209. The lowest BCUT2D eigenvalue weighted by molar-refractivity contribution is -0.904. The molecule has 29 heavy (non-hydrogen) atoms. The number of fused-ring (bicyclic) bond motifs is 1. The summed E-state index contributed by atoms with van der Waals surface area (Å²) in [6, 6.07) is 3.72. The Hall–Kier alpha value is -3.20. The van der Waals surface area contributed by atoms with E-state index in [0.717, 1.165) is 39.9 Å². The number of ether oxygens (including phenoxy) is 1. The third-order valence-corrected chi connectivity index (χ3v) is 5.12. The number of nitrogens with zero attached hydrogens (tertiary/aromatic N) is 4. The van der Waals surface area contributed by atoms with Crippen LogP contribution < -0.4 is 15.4 Å². The number of hydrogen-bond acceptors (Lipinski definition) is 6. The van der Waals surface area contributed by atoms with E-state index in [2.05, 4.69) is 20.7 Å². The van der Waals surface area contributed by atoms with Gasteiger partial charge in [0, 0.05) is 55.4 Å². The Kier molecular flexibility index (Phi) is 5.57. The second-order valence-electron chi connectivity index (χ2n) is 7.04. The van der Waals surface area contributed by atoms with Crippen molar-refractivity contribution >= 4 is 22.6 Å². The molecule has 0 aromatic carbocycles. The van der Waals surface area contributed by atoms with Crippen molar-refractivity contribution in [3.05, 3.63) is 48.0 Å². The van der Waals surface area contributed by atoms with E-state index in [1.807, 2.05) is 11.6 Å². The first kappa shape index (κ1) is 19.1. The Bertz CT molecular complexity index is 995. The Labute approximate surface area is 168 Å². The van der Waals surface area contributed by atoms with Crippen LogP contribution in [0.5, 0.6) is 0 Å². The topological polar surface area (TPSA) is 105 Å². The lowest BCUT2D eigenvalue weighted by Crippen LogP contribution is -2.31. The van der Waals surface area contributed by atoms with Gasteiger partial charge >= 0.3 is 0 Å². The molecule has 1 amide bonds. The SMILES string of the molecule is CCn1ncc2c(NC3CCOCC3)c(C(=O)NCc3cc[n+](O)cc3)cnc21. The van der Waals surface area contributed by atoms with Crippen molar-refractivity contribution in [1.29, 1.82) is 0 Å². The third kappa shape index (κ3) is 4.14. The molecule has 0 aliphatic carbocycles. The molecule has 1 aliphatic rings. The molecule has 9 heteroatoms. The second kappa shape index (κ2) is 8.44. The van der Waals surface area contributed by atoms with Gasteiger partial charge in [-0.15, -0.1) is 0 Å². The number of aryl methyl sites for hydroxylation is 1. The van der Waals surface area contributed by atoms with Gasteiger partial charge in [-0.2, -0.15) is 5.10 Å². The number of nitrogens with one attached hydrogen (secondary N) is 2. The molecule has 3 aromatic rings. The van der Waals surface area contributed by atoms with E-state index in [9.17, 15) is 10.0 Å². The zero-order valence-corrected chi connectivity index (χ0v) is 16.3. The fraction of sp³-hybridized carbons (Fsp3) is 0.400. The van der Waals surface area contributed by atoms with Crippen LogP contribution in [0.4, 0.5) is 5.69 Å². The Morgan fingerprint density at radius 3 is 2.79 bits per heavy atom. The van der Waals surface area contributed by atoms with Gasteiger partial charge in [0.2, 0.25) is 12.4 Å². The van der Waals surface area contributed by atoms with Gasteiger partial charge in [0.15, 0.2) is 5.65 Å². The van der Waals surface area contributed by atoms with E-state index in [1.54, 1.807) is 24.5 Å². The number of carbonyl (C=O) groups is 1. The minimum atomic E-state index is -0.209. The highest BCUT2D eigenvalue weighted by Crippen LogP contribution is 2.28. The first-order valence-electron chi connectivity index (χ1n) is 9.82. The zero-order valence-electron chi connectivity index (χ0n) is 16.3. The third-order valence-electron chi connectivity index (χ3n) is 5.12. The van der Waals surface area contributed by atoms with E-state index in [-0.39, 0.29) is 11.9 Å². The number of anilines is 1. The molecule has 3 aromatic heterocycles. The molecule has 0 radical (unpaired) electrons. The molecule has 0 spiro atoms. The summed E-state index contributed by atoms with van der Waals surface area (Å²) in [6.45, 7) is 4.48. The zero-order chi connectivity index (χ0) is 20.2. The average Bonchev–Trinajstić information content (AvgIpc) is 3.18. The van der Waals surface area contributed by atoms with Crippen molar-refractivity contribution in [1.82, 2.24) is 20.1 Å². The molecule has 0 atom stereocenters. The van der Waals surface area contributed by atoms with E-state index < -0.39 is 0 Å². The number of pyridine rings is 2. The molecular formula is C20H25N6O3+. The average molecular weight is 397 g/mol. The molecular weight excluding hydrogens is 372 g/mol. The number of aromatic nitrogens is 4. The summed E-state index contributed by atoms with van der Waals surface area (Å²) in [5.41, 5.74) is 2.90. The predicted octanol–water partition coefficient (Wildman–Crippen LogP) is 1.50. The summed E-state index contributed by atoms with van der Waals surface area (Å²) in [4.78, 5) is 17.5. The smallest absolute Gasteiger partial charge is 0.255 e. The maximum Gasteiger partial charge on any atom is 0.255 e. The Morgan fingerprint density at radius 1 is 1.31 bits per heavy atom. The molecule has 3 N–H and O–H groups in total. The van der Waals surface area contributed by atoms with Crippen LogP contribution in [0.2, 0.25) is 0 Å². The highest BCUT2D eigenvalue weighted by Gasteiger charge is 2.22. The lowest BCUT2D eigenvalue weighted by Gasteiger charge is -2.25. The molecule has 9 nitrogen and oxygen atoms in total. The van der Waals surface area contributed by atoms with Crippen LogP contribution in [0, 0.1) is 0 Å². The van der Waals surface area contributed by atoms with E-state index >= 15 is 0 Å². The molecule has 1 aliphatic heterocycles. The van der Waals surface area contributed by atoms with Gasteiger partial charge in [0.1, 0.15) is 0 Å². The van der Waals surface area contributed by atoms with Crippen LogP contribution in [-0.4, -0.2) is 45.1 Å². The van der Waals surface area contributed by atoms with Gasteiger partial charge in [-0.25, -0.2) is 9.67 Å². The summed E-state index contributed by atoms with van der Waals surface area (Å²) < 4.78 is 8.23. The molecule has 0 saturated carbocycles. The number of hydrogen-bond donors (Lipinski definition) is 3. The molecule has 4 rings (SSSR count). The summed E-state index contributed by atoms with van der Waals surface area (Å²) in [6.07, 6.45) is 8.19. The highest BCUT2D eigenvalue weighted by atomic mass is 16.5. The van der Waals surface area contributed by atoms with Gasteiger partial charge in [0.25, 0.3) is 5.91 Å². The summed E-state index contributed by atoms with van der Waals surface area (Å²) >= 11 is 0. The first-order valence-corrected chi connectivity index (χ1v) is 9.82. The Morgan fingerprint density at radius 2 is 2.07 bits per heavy atom. The first-order chi connectivity index (χ1) is 14.2. The van der Waals surface area contributed by atoms with E-state index in [0.29, 0.717) is 31.9 Å². The maximum atomic E-state index is 13.0. The largest absolute Gasteiger partial charge is 0.381 e. The van der Waals surface area contributed by atoms with Gasteiger partial charge in [-0.3, -0.25) is 10.0 Å². The van der Waals surface area contributed by atoms with E-state index in [1.165, 1.54) is 12.4 Å². The van der Waals surface area contributed by atoms with Gasteiger partial charge in [0.05, 0.1) is 22.8 Å². The normalized spacial score (nSPS) is 14.8. The van der Waals surface area contributed by atoms with E-state index in [4.69, 9.17) is 4.74 Å². The molecule has 4 heterocycles. The highest BCUT2D eigenvalue weighted by molar-refractivity contribution is 6.06. The summed E-state index contributed by atoms with van der Waals surface area (Å²) in [5, 5.41) is 21.0. The predicted molar refractivity (Wildman–Crippen MR) is 106 cm³/mol. The van der Waals surface area contributed by atoms with Crippen LogP contribution in [0.3, 0.4) is 0 Å². The van der Waals surface area contributed by atoms with Gasteiger partial charge in [-0.1, -0.05) is 0 Å². The second-order valence-corrected chi connectivity index (χ2v) is 7.04. The monoisotopic (exact) mass is 397 g/mol. The molecule has 1 saturated heterocycles. The quantitative estimate of drug-likeness (QED) is 0.430. The van der Waals surface area contributed by atoms with Crippen LogP contribution in [-0.2, 0) is 17.8 Å². The minimum Gasteiger partial charge on any atom is -0.381 e. The summed E-state index contributed by atoms with van der Waals surface area (Å²) in [5.74, 6) is -0.209. The molecule has 152 valence electrons. The maximum absolute atomic E-state index is 13.0. The van der Waals surface area contributed by atoms with Crippen molar-refractivity contribution in [2.24, 2.45) is 0 Å². The van der Waals surface area contributed by atoms with Gasteiger partial charge < -0.3 is 15.4 Å². The Balaban J connectivity index is 1.61. The van der Waals surface area contributed by atoms with Crippen LogP contribution in [0.25, 0.3) is 11.0 Å². The van der Waals surface area contributed by atoms with Gasteiger partial charge in [-0.05, 0) is 25.3 Å². The van der Waals surface area contributed by atoms with Crippen molar-refractivity contribution in [2.75, 3.05) is 18.5 Å². The molecule has 1 fully saturated rings. The number of amides is 1.